The lowest BCUT2D eigenvalue weighted by Crippen LogP contribution is -2.50. The van der Waals surface area contributed by atoms with Gasteiger partial charge in [-0.3, -0.25) is 0 Å². The predicted molar refractivity (Wildman–Crippen MR) is 136 cm³/mol. The summed E-state index contributed by atoms with van der Waals surface area (Å²) in [5, 5.41) is 0. The molecule has 4 rings (SSSR count). The van der Waals surface area contributed by atoms with E-state index < -0.39 is 0 Å². The molecule has 4 aliphatic rings. The molecule has 7 atom stereocenters. The highest BCUT2D eigenvalue weighted by atomic mass is 14.6. The Labute approximate surface area is 194 Å². The maximum atomic E-state index is 2.74. The standard InChI is InChI=1S/C31H52/c1-21(2)25(22(3)4)13-10-11-23(5)27-16-17-28-26-15-14-24-12-8-9-19-30(24,6)29(26)18-20-31(27,28)7/h10,13-14,21-23,25-29H,8-9,11-12,15-20H2,1-7H3/b13-10+. The van der Waals surface area contributed by atoms with Crippen molar-refractivity contribution in [2.75, 3.05) is 0 Å². The fourth-order valence-electron chi connectivity index (χ4n) is 9.50. The minimum atomic E-state index is 0.553. The van der Waals surface area contributed by atoms with E-state index in [1.54, 1.807) is 0 Å². The van der Waals surface area contributed by atoms with Crippen LogP contribution < -0.4 is 0 Å². The number of hydrogen-bond donors (Lipinski definition) is 0. The van der Waals surface area contributed by atoms with Crippen molar-refractivity contribution in [3.05, 3.63) is 23.8 Å². The lowest BCUT2D eigenvalue weighted by atomic mass is 9.47. The Bertz CT molecular complexity index is 672. The van der Waals surface area contributed by atoms with Gasteiger partial charge >= 0.3 is 0 Å². The first-order chi connectivity index (χ1) is 14.7. The van der Waals surface area contributed by atoms with Gasteiger partial charge in [-0.1, -0.05) is 78.7 Å². The van der Waals surface area contributed by atoms with Crippen molar-refractivity contribution in [2.24, 2.45) is 58.2 Å². The molecule has 0 radical (unpaired) electrons. The molecule has 0 heteroatoms. The zero-order valence-electron chi connectivity index (χ0n) is 21.9. The van der Waals surface area contributed by atoms with Crippen molar-refractivity contribution in [3.8, 4) is 0 Å². The highest BCUT2D eigenvalue weighted by Gasteiger charge is 2.58. The Balaban J connectivity index is 1.46. The molecule has 0 N–H and O–H groups in total. The number of fused-ring (bicyclic) bond motifs is 5. The second-order valence-electron chi connectivity index (χ2n) is 13.4. The van der Waals surface area contributed by atoms with Crippen LogP contribution in [0.3, 0.4) is 0 Å². The average molecular weight is 425 g/mol. The van der Waals surface area contributed by atoms with Gasteiger partial charge in [0.25, 0.3) is 0 Å². The highest BCUT2D eigenvalue weighted by Crippen LogP contribution is 2.67. The largest absolute Gasteiger partial charge is 0.0880 e. The Morgan fingerprint density at radius 3 is 2.39 bits per heavy atom. The van der Waals surface area contributed by atoms with Crippen LogP contribution in [0.1, 0.15) is 113 Å². The van der Waals surface area contributed by atoms with E-state index in [1.807, 2.05) is 5.57 Å². The van der Waals surface area contributed by atoms with E-state index in [2.05, 4.69) is 66.7 Å². The summed E-state index contributed by atoms with van der Waals surface area (Å²) in [6.45, 7) is 17.5. The molecule has 31 heavy (non-hydrogen) atoms. The molecular weight excluding hydrogens is 372 g/mol. The second kappa shape index (κ2) is 9.02. The summed E-state index contributed by atoms with van der Waals surface area (Å²) < 4.78 is 0. The fourth-order valence-corrected chi connectivity index (χ4v) is 9.50. The highest BCUT2D eigenvalue weighted by molar-refractivity contribution is 5.24. The van der Waals surface area contributed by atoms with E-state index in [0.717, 1.165) is 47.3 Å². The second-order valence-corrected chi connectivity index (χ2v) is 13.4. The summed E-state index contributed by atoms with van der Waals surface area (Å²) in [6, 6.07) is 0. The van der Waals surface area contributed by atoms with E-state index >= 15 is 0 Å². The number of rotatable bonds is 6. The molecule has 0 aromatic rings. The minimum Gasteiger partial charge on any atom is -0.0880 e. The summed E-state index contributed by atoms with van der Waals surface area (Å²) in [6.07, 6.45) is 22.4. The number of hydrogen-bond acceptors (Lipinski definition) is 0. The van der Waals surface area contributed by atoms with Gasteiger partial charge < -0.3 is 0 Å². The Morgan fingerprint density at radius 1 is 0.935 bits per heavy atom. The van der Waals surface area contributed by atoms with Gasteiger partial charge in [0.05, 0.1) is 0 Å². The average Bonchev–Trinajstić information content (AvgIpc) is 3.07. The Morgan fingerprint density at radius 2 is 1.68 bits per heavy atom. The van der Waals surface area contributed by atoms with Crippen LogP contribution in [0.4, 0.5) is 0 Å². The third kappa shape index (κ3) is 4.12. The summed E-state index contributed by atoms with van der Waals surface area (Å²) in [7, 11) is 0. The van der Waals surface area contributed by atoms with Crippen molar-refractivity contribution >= 4 is 0 Å². The molecule has 0 spiro atoms. The molecule has 4 aliphatic carbocycles. The summed E-state index contributed by atoms with van der Waals surface area (Å²) in [4.78, 5) is 0. The van der Waals surface area contributed by atoms with Crippen molar-refractivity contribution in [1.82, 2.24) is 0 Å². The lowest BCUT2D eigenvalue weighted by Gasteiger charge is -2.58. The Kier molecular flexibility index (Phi) is 6.88. The summed E-state index contributed by atoms with van der Waals surface area (Å²) in [5.41, 5.74) is 3.01. The maximum absolute atomic E-state index is 2.74. The van der Waals surface area contributed by atoms with Gasteiger partial charge in [0, 0.05) is 0 Å². The molecule has 176 valence electrons. The first-order valence-electron chi connectivity index (χ1n) is 14.0. The molecule has 0 heterocycles. The molecular formula is C31H52. The van der Waals surface area contributed by atoms with Gasteiger partial charge in [0.15, 0.2) is 0 Å². The lowest BCUT2D eigenvalue weighted by molar-refractivity contribution is -0.0491. The summed E-state index contributed by atoms with van der Waals surface area (Å²) in [5.74, 6) is 6.95. The summed E-state index contributed by atoms with van der Waals surface area (Å²) >= 11 is 0. The molecule has 0 saturated heterocycles. The smallest absolute Gasteiger partial charge is 0.00853 e. The normalized spacial score (nSPS) is 41.4. The van der Waals surface area contributed by atoms with Crippen LogP contribution in [0.5, 0.6) is 0 Å². The van der Waals surface area contributed by atoms with Gasteiger partial charge in [-0.2, -0.15) is 0 Å². The number of allylic oxidation sites excluding steroid dienone is 4. The van der Waals surface area contributed by atoms with E-state index in [-0.39, 0.29) is 0 Å². The van der Waals surface area contributed by atoms with Gasteiger partial charge in [-0.05, 0) is 116 Å². The molecule has 0 bridgehead atoms. The predicted octanol–water partition coefficient (Wildman–Crippen LogP) is 9.47. The van der Waals surface area contributed by atoms with Gasteiger partial charge in [-0.15, -0.1) is 0 Å². The van der Waals surface area contributed by atoms with Crippen LogP contribution >= 0.6 is 0 Å². The van der Waals surface area contributed by atoms with Crippen LogP contribution in [0.2, 0.25) is 0 Å². The molecule has 3 fully saturated rings. The minimum absolute atomic E-state index is 0.553. The monoisotopic (exact) mass is 424 g/mol. The van der Waals surface area contributed by atoms with E-state index in [1.165, 1.54) is 64.2 Å². The van der Waals surface area contributed by atoms with Crippen LogP contribution in [-0.2, 0) is 0 Å². The van der Waals surface area contributed by atoms with Crippen LogP contribution in [-0.4, -0.2) is 0 Å². The fraction of sp³-hybridized carbons (Fsp3) is 0.871. The van der Waals surface area contributed by atoms with Gasteiger partial charge in [-0.25, -0.2) is 0 Å². The zero-order chi connectivity index (χ0) is 22.4. The molecule has 0 aliphatic heterocycles. The third-order valence-electron chi connectivity index (χ3n) is 11.2. The molecule has 3 saturated carbocycles. The van der Waals surface area contributed by atoms with Crippen molar-refractivity contribution in [3.63, 3.8) is 0 Å². The van der Waals surface area contributed by atoms with E-state index in [9.17, 15) is 0 Å². The quantitative estimate of drug-likeness (QED) is 0.372. The molecule has 0 nitrogen and oxygen atoms in total. The molecule has 7 unspecified atom stereocenters. The van der Waals surface area contributed by atoms with Crippen LogP contribution in [0.15, 0.2) is 23.8 Å². The molecule has 0 amide bonds. The first-order valence-corrected chi connectivity index (χ1v) is 14.0. The van der Waals surface area contributed by atoms with Crippen LogP contribution in [0.25, 0.3) is 0 Å². The van der Waals surface area contributed by atoms with Gasteiger partial charge in [0.1, 0.15) is 0 Å². The van der Waals surface area contributed by atoms with Crippen molar-refractivity contribution in [2.45, 2.75) is 113 Å². The first kappa shape index (κ1) is 23.6. The van der Waals surface area contributed by atoms with Gasteiger partial charge in [0.2, 0.25) is 0 Å². The zero-order valence-corrected chi connectivity index (χ0v) is 21.9. The molecule has 0 aromatic heterocycles. The van der Waals surface area contributed by atoms with E-state index in [0.29, 0.717) is 10.8 Å². The van der Waals surface area contributed by atoms with Crippen molar-refractivity contribution in [1.29, 1.82) is 0 Å². The maximum Gasteiger partial charge on any atom is -0.00853 e. The van der Waals surface area contributed by atoms with E-state index in [4.69, 9.17) is 0 Å². The Hall–Kier alpha value is -0.520. The molecule has 0 aromatic carbocycles. The van der Waals surface area contributed by atoms with Crippen molar-refractivity contribution < 1.29 is 0 Å². The topological polar surface area (TPSA) is 0 Å². The third-order valence-corrected chi connectivity index (χ3v) is 11.2. The van der Waals surface area contributed by atoms with Crippen LogP contribution in [0, 0.1) is 58.2 Å². The SMILES string of the molecule is CC(C)C(/C=C/CC(C)C1CCC2C3CC=C4CCCCC4(C)C3CCC12C)C(C)C.